The summed E-state index contributed by atoms with van der Waals surface area (Å²) < 4.78 is 8.13. The van der Waals surface area contributed by atoms with Crippen molar-refractivity contribution in [3.05, 3.63) is 87.5 Å². The van der Waals surface area contributed by atoms with E-state index in [1.165, 1.54) is 16.6 Å². The smallest absolute Gasteiger partial charge is 0.259 e. The van der Waals surface area contributed by atoms with E-state index in [1.54, 1.807) is 41.0 Å². The summed E-state index contributed by atoms with van der Waals surface area (Å²) in [6, 6.07) is 19.1. The molecule has 0 saturated heterocycles. The Balaban J connectivity index is 1.26. The Morgan fingerprint density at radius 2 is 1.93 bits per heavy atom. The van der Waals surface area contributed by atoms with Gasteiger partial charge < -0.3 is 9.73 Å². The molecule has 204 valence electrons. The summed E-state index contributed by atoms with van der Waals surface area (Å²) in [5.41, 5.74) is 3.69. The van der Waals surface area contributed by atoms with E-state index in [9.17, 15) is 4.79 Å². The number of amides is 1. The molecule has 0 fully saturated rings. The van der Waals surface area contributed by atoms with Crippen molar-refractivity contribution < 1.29 is 9.21 Å². The first-order valence-corrected chi connectivity index (χ1v) is 15.9. The first-order chi connectivity index (χ1) is 19.2. The van der Waals surface area contributed by atoms with Crippen molar-refractivity contribution in [2.45, 2.75) is 49.5 Å². The van der Waals surface area contributed by atoms with Crippen LogP contribution in [0.2, 0.25) is 5.02 Å². The van der Waals surface area contributed by atoms with Crippen molar-refractivity contribution >= 4 is 79.1 Å². The van der Waals surface area contributed by atoms with Crippen LogP contribution in [0.15, 0.2) is 79.5 Å². The van der Waals surface area contributed by atoms with Gasteiger partial charge in [-0.25, -0.2) is 9.98 Å². The quantitative estimate of drug-likeness (QED) is 0.196. The molecule has 0 spiro atoms. The maximum atomic E-state index is 13.6. The fraction of sp³-hybridized carbons (Fsp3) is 0.258. The minimum Gasteiger partial charge on any atom is -0.448 e. The van der Waals surface area contributed by atoms with Crippen LogP contribution in [0.25, 0.3) is 10.2 Å². The van der Waals surface area contributed by atoms with Crippen LogP contribution < -0.4 is 5.32 Å². The minimum absolute atomic E-state index is 0.146. The van der Waals surface area contributed by atoms with Gasteiger partial charge in [-0.1, -0.05) is 44.5 Å². The average molecular weight is 606 g/mol. The monoisotopic (exact) mass is 605 g/mol. The topological polar surface area (TPSA) is 67.5 Å². The number of aliphatic imine (C=N–C) groups is 1. The second kappa shape index (κ2) is 11.2. The van der Waals surface area contributed by atoms with Crippen LogP contribution in [-0.4, -0.2) is 17.1 Å². The van der Waals surface area contributed by atoms with Crippen LogP contribution in [0, 0.1) is 11.3 Å². The van der Waals surface area contributed by atoms with E-state index >= 15 is 0 Å². The third-order valence-electron chi connectivity index (χ3n) is 7.17. The minimum atomic E-state index is -0.146. The molecule has 5 aromatic rings. The number of hydrogen-bond donors (Lipinski definition) is 1. The molecule has 1 N–H and O–H groups in total. The third-order valence-corrected chi connectivity index (χ3v) is 10.6. The number of nitrogens with one attached hydrogen (secondary N) is 1. The van der Waals surface area contributed by atoms with Gasteiger partial charge in [0.15, 0.2) is 9.43 Å². The van der Waals surface area contributed by atoms with Gasteiger partial charge in [-0.05, 0) is 96.5 Å². The Morgan fingerprint density at radius 1 is 1.12 bits per heavy atom. The molecule has 0 bridgehead atoms. The summed E-state index contributed by atoms with van der Waals surface area (Å²) in [4.78, 5) is 24.3. The van der Waals surface area contributed by atoms with E-state index in [4.69, 9.17) is 21.0 Å². The number of hydrogen-bond acceptors (Lipinski definition) is 7. The van der Waals surface area contributed by atoms with Gasteiger partial charge in [0, 0.05) is 15.6 Å². The number of anilines is 1. The number of fused-ring (bicyclic) bond motifs is 2. The molecule has 0 radical (unpaired) electrons. The molecule has 5 nitrogen and oxygen atoms in total. The van der Waals surface area contributed by atoms with Crippen molar-refractivity contribution in [2.75, 3.05) is 5.32 Å². The maximum Gasteiger partial charge on any atom is 0.259 e. The van der Waals surface area contributed by atoms with Gasteiger partial charge in [-0.2, -0.15) is 0 Å². The molecule has 3 heterocycles. The SMILES string of the molecule is CC(C)(C)[C@H]1CCc2c(sc(N=Cc3ccc(Sc4nc5ccccc5s4)o3)c2C(=O)Nc2ccc(Cl)cc2)C1. The Hall–Kier alpha value is -2.91. The number of carbonyl (C=O) groups excluding carboxylic acids is 1. The van der Waals surface area contributed by atoms with Crippen molar-refractivity contribution in [1.29, 1.82) is 0 Å². The van der Waals surface area contributed by atoms with Gasteiger partial charge in [-0.15, -0.1) is 22.7 Å². The second-order valence-corrected chi connectivity index (χ2v) is 14.7. The van der Waals surface area contributed by atoms with Crippen LogP contribution in [0.4, 0.5) is 10.7 Å². The number of rotatable bonds is 6. The Kier molecular flexibility index (Phi) is 7.61. The predicted octanol–water partition coefficient (Wildman–Crippen LogP) is 9.91. The normalized spacial score (nSPS) is 15.6. The molecular formula is C31H28ClN3O2S3. The summed E-state index contributed by atoms with van der Waals surface area (Å²) in [6.45, 7) is 6.89. The van der Waals surface area contributed by atoms with E-state index in [-0.39, 0.29) is 11.3 Å². The molecular weight excluding hydrogens is 578 g/mol. The van der Waals surface area contributed by atoms with Crippen molar-refractivity contribution in [3.63, 3.8) is 0 Å². The fourth-order valence-corrected chi connectivity index (χ4v) is 8.29. The van der Waals surface area contributed by atoms with Crippen LogP contribution >= 0.6 is 46.0 Å². The van der Waals surface area contributed by atoms with Crippen molar-refractivity contribution in [2.24, 2.45) is 16.3 Å². The summed E-state index contributed by atoms with van der Waals surface area (Å²) in [6.07, 6.45) is 4.60. The van der Waals surface area contributed by atoms with Crippen LogP contribution in [-0.2, 0) is 12.8 Å². The van der Waals surface area contributed by atoms with E-state index in [1.807, 2.05) is 42.5 Å². The van der Waals surface area contributed by atoms with Crippen LogP contribution in [0.5, 0.6) is 0 Å². The number of nitrogens with zero attached hydrogens (tertiary/aromatic N) is 2. The van der Waals surface area contributed by atoms with Crippen LogP contribution in [0.1, 0.15) is 53.8 Å². The molecule has 1 aliphatic carbocycles. The number of benzene rings is 2. The first-order valence-electron chi connectivity index (χ1n) is 13.1. The maximum absolute atomic E-state index is 13.6. The van der Waals surface area contributed by atoms with Crippen molar-refractivity contribution in [1.82, 2.24) is 4.98 Å². The van der Waals surface area contributed by atoms with Gasteiger partial charge in [0.25, 0.3) is 5.91 Å². The molecule has 0 unspecified atom stereocenters. The van der Waals surface area contributed by atoms with Gasteiger partial charge >= 0.3 is 0 Å². The molecule has 1 amide bonds. The molecule has 1 aliphatic rings. The van der Waals surface area contributed by atoms with Crippen molar-refractivity contribution in [3.8, 4) is 0 Å². The Bertz CT molecular complexity index is 1680. The average Bonchev–Trinajstić information content (AvgIpc) is 3.64. The molecule has 3 aromatic heterocycles. The van der Waals surface area contributed by atoms with E-state index < -0.39 is 0 Å². The highest BCUT2D eigenvalue weighted by Crippen LogP contribution is 2.45. The van der Waals surface area contributed by atoms with Gasteiger partial charge in [0.2, 0.25) is 0 Å². The fourth-order valence-electron chi connectivity index (χ4n) is 4.92. The number of thiophene rings is 1. The predicted molar refractivity (Wildman–Crippen MR) is 168 cm³/mol. The lowest BCUT2D eigenvalue weighted by atomic mass is 9.72. The van der Waals surface area contributed by atoms with E-state index in [2.05, 4.69) is 37.1 Å². The first kappa shape index (κ1) is 27.3. The zero-order valence-corrected chi connectivity index (χ0v) is 25.6. The summed E-state index contributed by atoms with van der Waals surface area (Å²) in [5, 5.41) is 5.14. The number of carbonyl (C=O) groups is 1. The molecule has 40 heavy (non-hydrogen) atoms. The third kappa shape index (κ3) is 5.91. The number of para-hydroxylation sites is 1. The zero-order valence-electron chi connectivity index (χ0n) is 22.4. The Morgan fingerprint density at radius 3 is 2.70 bits per heavy atom. The number of halogens is 1. The summed E-state index contributed by atoms with van der Waals surface area (Å²) >= 11 is 10.8. The lowest BCUT2D eigenvalue weighted by Crippen LogP contribution is -2.27. The molecule has 0 saturated carbocycles. The molecule has 2 aromatic carbocycles. The highest BCUT2D eigenvalue weighted by Gasteiger charge is 2.33. The highest BCUT2D eigenvalue weighted by molar-refractivity contribution is 8.01. The van der Waals surface area contributed by atoms with E-state index in [0.717, 1.165) is 44.5 Å². The van der Waals surface area contributed by atoms with Crippen LogP contribution in [0.3, 0.4) is 0 Å². The van der Waals surface area contributed by atoms with Gasteiger partial charge in [0.05, 0.1) is 22.0 Å². The number of aromatic nitrogens is 1. The zero-order chi connectivity index (χ0) is 27.9. The molecule has 6 rings (SSSR count). The lowest BCUT2D eigenvalue weighted by molar-refractivity contribution is 0.102. The standard InChI is InChI=1S/C31H28ClN3O2S3/c1-31(2,3)18-8-14-22-25(16-18)38-29(27(22)28(36)34-20-11-9-19(32)10-12-20)33-17-21-13-15-26(37-21)40-30-35-23-6-4-5-7-24(23)39-30/h4-7,9-13,15,17-18H,8,14,16H2,1-3H3,(H,34,36)/t18-/m0/s1. The largest absolute Gasteiger partial charge is 0.448 e. The second-order valence-electron chi connectivity index (χ2n) is 10.9. The number of thiazole rings is 1. The van der Waals surface area contributed by atoms with Gasteiger partial charge in [0.1, 0.15) is 10.8 Å². The summed E-state index contributed by atoms with van der Waals surface area (Å²) in [7, 11) is 0. The molecule has 9 heteroatoms. The van der Waals surface area contributed by atoms with E-state index in [0.29, 0.717) is 33.0 Å². The molecule has 0 aliphatic heterocycles. The Labute approximate surface area is 250 Å². The number of furan rings is 1. The lowest BCUT2D eigenvalue weighted by Gasteiger charge is -2.33. The molecule has 1 atom stereocenters. The van der Waals surface area contributed by atoms with Gasteiger partial charge in [-0.3, -0.25) is 4.79 Å². The highest BCUT2D eigenvalue weighted by atomic mass is 35.5. The summed E-state index contributed by atoms with van der Waals surface area (Å²) in [5.74, 6) is 1.05.